The average Bonchev–Trinajstić information content (AvgIpc) is 3.38. The number of hydrogen-bond donors (Lipinski definition) is 0. The molecule has 0 radical (unpaired) electrons. The molecule has 1 aliphatic carbocycles. The zero-order valence-corrected chi connectivity index (χ0v) is 13.2. The van der Waals surface area contributed by atoms with E-state index in [1.807, 2.05) is 0 Å². The summed E-state index contributed by atoms with van der Waals surface area (Å²) in [5.74, 6) is 0.494. The van der Waals surface area contributed by atoms with E-state index >= 15 is 0 Å². The van der Waals surface area contributed by atoms with E-state index in [0.29, 0.717) is 32.0 Å². The molecule has 2 fully saturated rings. The van der Waals surface area contributed by atoms with Gasteiger partial charge in [-0.1, -0.05) is 0 Å². The van der Waals surface area contributed by atoms with Crippen molar-refractivity contribution in [2.24, 2.45) is 0 Å². The van der Waals surface area contributed by atoms with E-state index in [2.05, 4.69) is 4.90 Å². The average molecular weight is 339 g/mol. The first-order valence-electron chi connectivity index (χ1n) is 7.63. The topological polar surface area (TPSA) is 93.0 Å². The number of nitrogens with zero attached hydrogens (tertiary/aromatic N) is 3. The lowest BCUT2D eigenvalue weighted by molar-refractivity contribution is -0.384. The fourth-order valence-electron chi connectivity index (χ4n) is 3.25. The molecule has 124 valence electrons. The maximum atomic E-state index is 12.4. The van der Waals surface area contributed by atoms with Crippen LogP contribution in [0.3, 0.4) is 0 Å². The Morgan fingerprint density at radius 2 is 2.04 bits per heavy atom. The van der Waals surface area contributed by atoms with E-state index in [-0.39, 0.29) is 17.0 Å². The Hall–Kier alpha value is -1.87. The second-order valence-electron chi connectivity index (χ2n) is 6.17. The fraction of sp³-hybridized carbons (Fsp3) is 0.571. The second-order valence-corrected chi connectivity index (χ2v) is 8.38. The monoisotopic (exact) mass is 339 g/mol. The van der Waals surface area contributed by atoms with E-state index in [4.69, 9.17) is 4.74 Å². The number of rotatable bonds is 3. The third-order valence-corrected chi connectivity index (χ3v) is 7.01. The molecular weight excluding hydrogens is 322 g/mol. The van der Waals surface area contributed by atoms with E-state index in [0.717, 1.165) is 18.5 Å². The van der Waals surface area contributed by atoms with Crippen LogP contribution in [0.2, 0.25) is 0 Å². The van der Waals surface area contributed by atoms with Gasteiger partial charge in [0, 0.05) is 25.7 Å². The number of fused-ring (bicyclic) bond motifs is 3. The number of piperazine rings is 1. The molecule has 9 heteroatoms. The molecule has 0 aromatic heterocycles. The minimum Gasteiger partial charge on any atom is -0.489 e. The summed E-state index contributed by atoms with van der Waals surface area (Å²) in [4.78, 5) is 12.5. The van der Waals surface area contributed by atoms with Crippen molar-refractivity contribution in [3.05, 3.63) is 28.3 Å². The predicted molar refractivity (Wildman–Crippen MR) is 83.2 cm³/mol. The Balaban J connectivity index is 1.57. The molecule has 1 aromatic rings. The molecular formula is C14H17N3O5S. The van der Waals surface area contributed by atoms with Crippen LogP contribution in [0.1, 0.15) is 12.8 Å². The van der Waals surface area contributed by atoms with Crippen molar-refractivity contribution in [3.8, 4) is 5.75 Å². The highest BCUT2D eigenvalue weighted by atomic mass is 32.2. The maximum Gasteiger partial charge on any atom is 0.273 e. The number of nitro groups is 1. The van der Waals surface area contributed by atoms with Crippen LogP contribution in [0.5, 0.6) is 5.75 Å². The Kier molecular flexibility index (Phi) is 3.24. The molecule has 0 unspecified atom stereocenters. The molecule has 8 nitrogen and oxygen atoms in total. The summed E-state index contributed by atoms with van der Waals surface area (Å²) in [7, 11) is -3.17. The maximum absolute atomic E-state index is 12.4. The van der Waals surface area contributed by atoms with Crippen LogP contribution in [0.25, 0.3) is 0 Å². The zero-order chi connectivity index (χ0) is 16.2. The van der Waals surface area contributed by atoms with Crippen LogP contribution in [0.15, 0.2) is 18.2 Å². The molecule has 0 amide bonds. The van der Waals surface area contributed by atoms with Gasteiger partial charge in [-0.3, -0.25) is 10.1 Å². The first-order chi connectivity index (χ1) is 11.0. The van der Waals surface area contributed by atoms with Gasteiger partial charge in [-0.05, 0) is 18.9 Å². The Bertz CT molecular complexity index is 762. The van der Waals surface area contributed by atoms with Gasteiger partial charge in [0.1, 0.15) is 12.4 Å². The number of anilines is 1. The Morgan fingerprint density at radius 3 is 2.74 bits per heavy atom. The molecule has 0 bridgehead atoms. The summed E-state index contributed by atoms with van der Waals surface area (Å²) in [6.45, 7) is 1.77. The summed E-state index contributed by atoms with van der Waals surface area (Å²) in [5, 5.41) is 10.7. The highest BCUT2D eigenvalue weighted by molar-refractivity contribution is 7.90. The number of sulfonamides is 1. The SMILES string of the molecule is O=[N+]([O-])c1ccc2c(c1)OC[C@@H]1CN(S(=O)(=O)C3CC3)CCN21. The third-order valence-electron chi connectivity index (χ3n) is 4.65. The van der Waals surface area contributed by atoms with E-state index in [9.17, 15) is 18.5 Å². The van der Waals surface area contributed by atoms with Gasteiger partial charge in [-0.25, -0.2) is 8.42 Å². The number of non-ortho nitro benzene ring substituents is 1. The number of nitro benzene ring substituents is 1. The molecule has 1 saturated carbocycles. The van der Waals surface area contributed by atoms with Crippen molar-refractivity contribution in [3.63, 3.8) is 0 Å². The summed E-state index contributed by atoms with van der Waals surface area (Å²) >= 11 is 0. The number of benzene rings is 1. The van der Waals surface area contributed by atoms with Gasteiger partial charge in [-0.15, -0.1) is 0 Å². The molecule has 0 spiro atoms. The van der Waals surface area contributed by atoms with E-state index in [1.165, 1.54) is 12.1 Å². The van der Waals surface area contributed by atoms with E-state index < -0.39 is 14.9 Å². The predicted octanol–water partition coefficient (Wildman–Crippen LogP) is 0.970. The first-order valence-corrected chi connectivity index (χ1v) is 9.14. The quantitative estimate of drug-likeness (QED) is 0.602. The highest BCUT2D eigenvalue weighted by Gasteiger charge is 2.44. The fourth-order valence-corrected chi connectivity index (χ4v) is 5.12. The van der Waals surface area contributed by atoms with Gasteiger partial charge in [0.25, 0.3) is 5.69 Å². The van der Waals surface area contributed by atoms with Gasteiger partial charge in [0.2, 0.25) is 10.0 Å². The molecule has 0 N–H and O–H groups in total. The normalized spacial score (nSPS) is 24.5. The van der Waals surface area contributed by atoms with Crippen molar-refractivity contribution < 1.29 is 18.1 Å². The van der Waals surface area contributed by atoms with E-state index in [1.54, 1.807) is 10.4 Å². The minimum atomic E-state index is -3.17. The van der Waals surface area contributed by atoms with Crippen LogP contribution < -0.4 is 9.64 Å². The smallest absolute Gasteiger partial charge is 0.273 e. The number of hydrogen-bond acceptors (Lipinski definition) is 6. The standard InChI is InChI=1S/C14H17N3O5S/c18-17(19)10-1-4-13-14(7-10)22-9-11-8-15(5-6-16(11)13)23(20,21)12-2-3-12/h1,4,7,11-12H,2-3,5-6,8-9H2/t11-/m0/s1. The number of ether oxygens (including phenoxy) is 1. The highest BCUT2D eigenvalue weighted by Crippen LogP contribution is 2.39. The van der Waals surface area contributed by atoms with Crippen LogP contribution in [0.4, 0.5) is 11.4 Å². The first kappa shape index (κ1) is 14.7. The minimum absolute atomic E-state index is 0.00264. The Morgan fingerprint density at radius 1 is 1.26 bits per heavy atom. The van der Waals surface area contributed by atoms with Crippen LogP contribution >= 0.6 is 0 Å². The van der Waals surface area contributed by atoms with Crippen LogP contribution in [-0.2, 0) is 10.0 Å². The molecule has 1 saturated heterocycles. The largest absolute Gasteiger partial charge is 0.489 e. The van der Waals surface area contributed by atoms with Crippen molar-refractivity contribution in [2.45, 2.75) is 24.1 Å². The van der Waals surface area contributed by atoms with Gasteiger partial charge < -0.3 is 9.64 Å². The third kappa shape index (κ3) is 2.43. The lowest BCUT2D eigenvalue weighted by Crippen LogP contribution is -2.58. The van der Waals surface area contributed by atoms with Crippen molar-refractivity contribution >= 4 is 21.4 Å². The van der Waals surface area contributed by atoms with Gasteiger partial charge in [-0.2, -0.15) is 4.31 Å². The Labute approximate surface area is 133 Å². The van der Waals surface area contributed by atoms with Crippen LogP contribution in [0, 0.1) is 10.1 Å². The summed E-state index contributed by atoms with van der Waals surface area (Å²) in [6, 6.07) is 4.52. The lowest BCUT2D eigenvalue weighted by atomic mass is 10.1. The van der Waals surface area contributed by atoms with Crippen molar-refractivity contribution in [2.75, 3.05) is 31.1 Å². The zero-order valence-electron chi connectivity index (χ0n) is 12.4. The molecule has 2 aliphatic heterocycles. The lowest BCUT2D eigenvalue weighted by Gasteiger charge is -2.45. The summed E-state index contributed by atoms with van der Waals surface area (Å²) < 4.78 is 32.0. The van der Waals surface area contributed by atoms with Gasteiger partial charge in [0.05, 0.1) is 28.0 Å². The van der Waals surface area contributed by atoms with Gasteiger partial charge in [0.15, 0.2) is 0 Å². The van der Waals surface area contributed by atoms with Crippen molar-refractivity contribution in [1.82, 2.24) is 4.31 Å². The molecule has 4 rings (SSSR count). The summed E-state index contributed by atoms with van der Waals surface area (Å²) in [6.07, 6.45) is 1.52. The molecule has 23 heavy (non-hydrogen) atoms. The molecule has 3 aliphatic rings. The van der Waals surface area contributed by atoms with Gasteiger partial charge >= 0.3 is 0 Å². The molecule has 2 heterocycles. The molecule has 1 atom stereocenters. The summed E-state index contributed by atoms with van der Waals surface area (Å²) in [5.41, 5.74) is 0.799. The molecule has 1 aromatic carbocycles. The second kappa shape index (κ2) is 5.07. The van der Waals surface area contributed by atoms with Crippen molar-refractivity contribution in [1.29, 1.82) is 0 Å². The van der Waals surface area contributed by atoms with Crippen LogP contribution in [-0.4, -0.2) is 55.2 Å².